The minimum atomic E-state index is -0.245. The molecule has 1 aliphatic carbocycles. The second kappa shape index (κ2) is 4.16. The van der Waals surface area contributed by atoms with E-state index in [-0.39, 0.29) is 23.7 Å². The van der Waals surface area contributed by atoms with E-state index in [0.717, 1.165) is 6.42 Å². The van der Waals surface area contributed by atoms with Crippen LogP contribution in [0.4, 0.5) is 0 Å². The molecule has 2 atom stereocenters. The van der Waals surface area contributed by atoms with Gasteiger partial charge < -0.3 is 4.74 Å². The molecule has 0 saturated heterocycles. The molecule has 1 rings (SSSR count). The summed E-state index contributed by atoms with van der Waals surface area (Å²) in [5, 5.41) is 0. The van der Waals surface area contributed by atoms with Crippen molar-refractivity contribution < 1.29 is 10.9 Å². The van der Waals surface area contributed by atoms with Crippen LogP contribution in [0, 0.1) is 11.3 Å². The van der Waals surface area contributed by atoms with Gasteiger partial charge in [-0.15, -0.1) is 0 Å². The topological polar surface area (TPSA) is 26.3 Å². The Labute approximate surface area is 87.7 Å². The maximum Gasteiger partial charge on any atom is 0.302 e. The van der Waals surface area contributed by atoms with Gasteiger partial charge in [-0.05, 0) is 25.2 Å². The van der Waals surface area contributed by atoms with Gasteiger partial charge in [0, 0.05) is 14.2 Å². The molecule has 0 bridgehead atoms. The third kappa shape index (κ3) is 2.60. The Hall–Kier alpha value is -0.790. The van der Waals surface area contributed by atoms with E-state index in [4.69, 9.17) is 6.11 Å². The van der Waals surface area contributed by atoms with Crippen LogP contribution in [0.3, 0.4) is 0 Å². The van der Waals surface area contributed by atoms with Crippen molar-refractivity contribution in [3.05, 3.63) is 11.6 Å². The van der Waals surface area contributed by atoms with Gasteiger partial charge in [0.15, 0.2) is 0 Å². The van der Waals surface area contributed by atoms with E-state index >= 15 is 0 Å². The highest BCUT2D eigenvalue weighted by Gasteiger charge is 2.33. The molecule has 80 valence electrons. The van der Waals surface area contributed by atoms with Gasteiger partial charge in [0.1, 0.15) is 0 Å². The van der Waals surface area contributed by atoms with Gasteiger partial charge in [0.25, 0.3) is 0 Å². The number of carbonyl (C=O) groups is 1. The largest absolute Gasteiger partial charge is 0.465 e. The average molecular weight is 197 g/mol. The van der Waals surface area contributed by atoms with Crippen molar-refractivity contribution in [2.24, 2.45) is 11.3 Å². The molecule has 0 radical (unpaired) electrons. The minimum absolute atomic E-state index is 0.109. The Morgan fingerprint density at radius 3 is 3.00 bits per heavy atom. The lowest BCUT2D eigenvalue weighted by Crippen LogP contribution is -2.32. The van der Waals surface area contributed by atoms with E-state index in [9.17, 15) is 4.79 Å². The summed E-state index contributed by atoms with van der Waals surface area (Å²) in [6, 6.07) is 0. The molecule has 0 aliphatic heterocycles. The van der Waals surface area contributed by atoms with Gasteiger partial charge in [0.05, 0.1) is 6.61 Å². The summed E-state index contributed by atoms with van der Waals surface area (Å²) in [4.78, 5) is 10.8. The number of hydrogen-bond donors (Lipinski definition) is 0. The zero-order chi connectivity index (χ0) is 11.6. The highest BCUT2D eigenvalue weighted by atomic mass is 16.5. The molecule has 0 aromatic rings. The summed E-state index contributed by atoms with van der Waals surface area (Å²) in [7, 11) is 0. The minimum Gasteiger partial charge on any atom is -0.465 e. The van der Waals surface area contributed by atoms with E-state index in [1.54, 1.807) is 0 Å². The molecule has 2 nitrogen and oxygen atoms in total. The number of rotatable bonds is 2. The Morgan fingerprint density at radius 1 is 1.79 bits per heavy atom. The molecule has 0 aromatic heterocycles. The van der Waals surface area contributed by atoms with Crippen LogP contribution in [0.1, 0.15) is 41.9 Å². The van der Waals surface area contributed by atoms with Crippen LogP contribution in [-0.4, -0.2) is 12.6 Å². The summed E-state index contributed by atoms with van der Waals surface area (Å²) in [6.45, 7) is 8.04. The summed E-state index contributed by atoms with van der Waals surface area (Å²) < 4.78 is 13.1. The Bertz CT molecular complexity index is 281. The lowest BCUT2D eigenvalue weighted by atomic mass is 9.69. The van der Waals surface area contributed by atoms with Gasteiger partial charge in [0.2, 0.25) is 0 Å². The molecule has 0 unspecified atom stereocenters. The van der Waals surface area contributed by atoms with Gasteiger partial charge in [-0.3, -0.25) is 4.79 Å². The van der Waals surface area contributed by atoms with Crippen LogP contribution >= 0.6 is 0 Å². The van der Waals surface area contributed by atoms with E-state index in [0.29, 0.717) is 6.61 Å². The third-order valence-corrected chi connectivity index (χ3v) is 2.98. The van der Waals surface area contributed by atoms with Crippen molar-refractivity contribution in [3.8, 4) is 0 Å². The molecule has 0 saturated carbocycles. The SMILES string of the molecule is [2H][C@H]1CC=C(C)[C@@H](COC(C)=O)C1(C)C. The van der Waals surface area contributed by atoms with E-state index in [1.165, 1.54) is 12.5 Å². The van der Waals surface area contributed by atoms with Crippen LogP contribution in [0.25, 0.3) is 0 Å². The van der Waals surface area contributed by atoms with Crippen molar-refractivity contribution in [2.45, 2.75) is 40.5 Å². The summed E-state index contributed by atoms with van der Waals surface area (Å²) in [5.41, 5.74) is 1.12. The summed E-state index contributed by atoms with van der Waals surface area (Å²) >= 11 is 0. The smallest absolute Gasteiger partial charge is 0.302 e. The standard InChI is InChI=1S/C12H20O2/c1-9-6-5-7-12(3,4)11(9)8-14-10(2)13/h6,11H,5,7-8H2,1-4H3/t11-/m1/s1/i7D/t7-,11+/m0. The number of hydrogen-bond acceptors (Lipinski definition) is 2. The molecular weight excluding hydrogens is 176 g/mol. The first kappa shape index (κ1) is 9.75. The van der Waals surface area contributed by atoms with Crippen LogP contribution in [0.2, 0.25) is 0 Å². The lowest BCUT2D eigenvalue weighted by molar-refractivity contribution is -0.143. The molecule has 2 heteroatoms. The highest BCUT2D eigenvalue weighted by molar-refractivity contribution is 5.65. The second-order valence-electron chi connectivity index (χ2n) is 4.56. The van der Waals surface area contributed by atoms with Crippen molar-refractivity contribution >= 4 is 5.97 Å². The first-order valence-electron chi connectivity index (χ1n) is 5.65. The number of allylic oxidation sites excluding steroid dienone is 1. The fraction of sp³-hybridized carbons (Fsp3) is 0.750. The molecule has 0 amide bonds. The number of ether oxygens (including phenoxy) is 1. The van der Waals surface area contributed by atoms with Crippen molar-refractivity contribution in [1.29, 1.82) is 0 Å². The van der Waals surface area contributed by atoms with Crippen molar-refractivity contribution in [2.75, 3.05) is 6.61 Å². The zero-order valence-electron chi connectivity index (χ0n) is 10.5. The first-order valence-corrected chi connectivity index (χ1v) is 5.08. The predicted octanol–water partition coefficient (Wildman–Crippen LogP) is 2.93. The van der Waals surface area contributed by atoms with Gasteiger partial charge in [-0.2, -0.15) is 0 Å². The molecule has 0 aromatic carbocycles. The fourth-order valence-electron chi connectivity index (χ4n) is 1.97. The normalized spacial score (nSPS) is 31.7. The molecule has 0 N–H and O–H groups in total. The van der Waals surface area contributed by atoms with Gasteiger partial charge in [-0.25, -0.2) is 0 Å². The number of esters is 1. The van der Waals surface area contributed by atoms with E-state index in [1.807, 2.05) is 0 Å². The molecule has 0 spiro atoms. The maximum atomic E-state index is 10.8. The van der Waals surface area contributed by atoms with E-state index in [2.05, 4.69) is 26.8 Å². The summed E-state index contributed by atoms with van der Waals surface area (Å²) in [5.74, 6) is -0.0663. The van der Waals surface area contributed by atoms with Crippen molar-refractivity contribution in [1.82, 2.24) is 0 Å². The third-order valence-electron chi connectivity index (χ3n) is 2.98. The summed E-state index contributed by atoms with van der Waals surface area (Å²) in [6.07, 6.45) is 2.79. The van der Waals surface area contributed by atoms with Crippen LogP contribution in [-0.2, 0) is 9.53 Å². The highest BCUT2D eigenvalue weighted by Crippen LogP contribution is 2.40. The molecule has 1 aliphatic rings. The van der Waals surface area contributed by atoms with Crippen molar-refractivity contribution in [3.63, 3.8) is 0 Å². The monoisotopic (exact) mass is 197 g/mol. The predicted molar refractivity (Wildman–Crippen MR) is 56.9 cm³/mol. The Kier molecular flexibility index (Phi) is 2.90. The fourth-order valence-corrected chi connectivity index (χ4v) is 1.97. The van der Waals surface area contributed by atoms with Gasteiger partial charge in [-0.1, -0.05) is 25.5 Å². The first-order chi connectivity index (χ1) is 6.85. The van der Waals surface area contributed by atoms with Crippen LogP contribution in [0.5, 0.6) is 0 Å². The van der Waals surface area contributed by atoms with Crippen LogP contribution in [0.15, 0.2) is 11.6 Å². The molecule has 0 heterocycles. The molecule has 0 fully saturated rings. The molecular formula is C12H20O2. The second-order valence-corrected chi connectivity index (χ2v) is 4.56. The quantitative estimate of drug-likeness (QED) is 0.502. The van der Waals surface area contributed by atoms with E-state index < -0.39 is 0 Å². The maximum absolute atomic E-state index is 10.8. The number of carbonyl (C=O) groups excluding carboxylic acids is 1. The molecule has 14 heavy (non-hydrogen) atoms. The van der Waals surface area contributed by atoms with Gasteiger partial charge >= 0.3 is 5.97 Å². The van der Waals surface area contributed by atoms with Crippen LogP contribution < -0.4 is 0 Å². The average Bonchev–Trinajstić information content (AvgIpc) is 2.11. The Morgan fingerprint density at radius 2 is 2.43 bits per heavy atom. The lowest BCUT2D eigenvalue weighted by Gasteiger charge is -2.37. The zero-order valence-corrected chi connectivity index (χ0v) is 9.46. The Balaban J connectivity index is 2.77.